The maximum absolute atomic E-state index is 13.0. The topological polar surface area (TPSA) is 106 Å². The van der Waals surface area contributed by atoms with Crippen LogP contribution in [0.25, 0.3) is 5.69 Å². The Morgan fingerprint density at radius 1 is 1.03 bits per heavy atom. The number of carbonyl (C=O) groups is 2. The smallest absolute Gasteiger partial charge is 0.276 e. The van der Waals surface area contributed by atoms with Crippen LogP contribution in [-0.2, 0) is 0 Å². The molecule has 2 amide bonds. The maximum atomic E-state index is 13.0. The molecule has 154 valence electrons. The van der Waals surface area contributed by atoms with Crippen molar-refractivity contribution in [2.24, 2.45) is 0 Å². The average Bonchev–Trinajstić information content (AvgIpc) is 3.20. The number of amides is 2. The van der Waals surface area contributed by atoms with Crippen LogP contribution in [0.5, 0.6) is 5.75 Å². The largest absolute Gasteiger partial charge is 0.497 e. The van der Waals surface area contributed by atoms with Gasteiger partial charge in [0.2, 0.25) is 0 Å². The number of rotatable bonds is 4. The monoisotopic (exact) mass is 407 g/mol. The number of ether oxygens (including phenoxy) is 1. The van der Waals surface area contributed by atoms with Crippen molar-refractivity contribution in [2.45, 2.75) is 6.92 Å². The zero-order valence-corrected chi connectivity index (χ0v) is 16.7. The molecule has 0 unspecified atom stereocenters. The van der Waals surface area contributed by atoms with Gasteiger partial charge in [-0.1, -0.05) is 11.3 Å². The van der Waals surface area contributed by atoms with Gasteiger partial charge in [-0.05, 0) is 19.1 Å². The van der Waals surface area contributed by atoms with E-state index in [1.807, 2.05) is 24.3 Å². The second-order valence-corrected chi connectivity index (χ2v) is 6.81. The van der Waals surface area contributed by atoms with E-state index in [0.29, 0.717) is 49.0 Å². The van der Waals surface area contributed by atoms with Crippen LogP contribution in [0.4, 0.5) is 0 Å². The summed E-state index contributed by atoms with van der Waals surface area (Å²) in [5.41, 5.74) is 2.00. The lowest BCUT2D eigenvalue weighted by Gasteiger charge is -2.34. The summed E-state index contributed by atoms with van der Waals surface area (Å²) in [5, 5.41) is 8.25. The Kier molecular flexibility index (Phi) is 5.38. The van der Waals surface area contributed by atoms with Gasteiger partial charge in [0.15, 0.2) is 5.69 Å². The Balaban J connectivity index is 1.45. The van der Waals surface area contributed by atoms with Crippen molar-refractivity contribution in [2.75, 3.05) is 33.3 Å². The lowest BCUT2D eigenvalue weighted by Crippen LogP contribution is -2.51. The Hall–Kier alpha value is -3.82. The molecule has 1 fully saturated rings. The van der Waals surface area contributed by atoms with Crippen LogP contribution in [0.3, 0.4) is 0 Å². The molecule has 0 aliphatic carbocycles. The van der Waals surface area contributed by atoms with E-state index in [-0.39, 0.29) is 11.8 Å². The maximum Gasteiger partial charge on any atom is 0.276 e. The first-order valence-electron chi connectivity index (χ1n) is 9.50. The highest BCUT2D eigenvalue weighted by molar-refractivity contribution is 5.94. The van der Waals surface area contributed by atoms with Gasteiger partial charge >= 0.3 is 0 Å². The van der Waals surface area contributed by atoms with Gasteiger partial charge < -0.3 is 14.5 Å². The highest BCUT2D eigenvalue weighted by Crippen LogP contribution is 2.19. The molecule has 1 aromatic carbocycles. The summed E-state index contributed by atoms with van der Waals surface area (Å²) in [6.45, 7) is 3.47. The van der Waals surface area contributed by atoms with Crippen LogP contribution in [0, 0.1) is 6.92 Å². The van der Waals surface area contributed by atoms with E-state index >= 15 is 0 Å². The fourth-order valence-electron chi connectivity index (χ4n) is 3.35. The van der Waals surface area contributed by atoms with E-state index in [0.717, 1.165) is 5.69 Å². The summed E-state index contributed by atoms with van der Waals surface area (Å²) in [5.74, 6) is 0.308. The third kappa shape index (κ3) is 3.71. The summed E-state index contributed by atoms with van der Waals surface area (Å²) in [4.78, 5) is 36.8. The molecule has 10 nitrogen and oxygen atoms in total. The zero-order valence-electron chi connectivity index (χ0n) is 16.7. The Morgan fingerprint density at radius 2 is 1.77 bits per heavy atom. The molecule has 0 atom stereocenters. The molecule has 4 rings (SSSR count). The molecule has 3 aromatic rings. The van der Waals surface area contributed by atoms with Gasteiger partial charge in [0.25, 0.3) is 11.8 Å². The van der Waals surface area contributed by atoms with E-state index in [1.165, 1.54) is 18.6 Å². The quantitative estimate of drug-likeness (QED) is 0.634. The first-order chi connectivity index (χ1) is 14.6. The van der Waals surface area contributed by atoms with Gasteiger partial charge in [-0.15, -0.1) is 5.10 Å². The minimum absolute atomic E-state index is 0.185. The van der Waals surface area contributed by atoms with E-state index in [9.17, 15) is 9.59 Å². The molecule has 1 aliphatic heterocycles. The number of aromatic nitrogens is 5. The van der Waals surface area contributed by atoms with Crippen molar-refractivity contribution >= 4 is 11.8 Å². The number of hydrogen-bond donors (Lipinski definition) is 0. The third-order valence-electron chi connectivity index (χ3n) is 5.03. The van der Waals surface area contributed by atoms with Crippen molar-refractivity contribution in [3.63, 3.8) is 0 Å². The Labute approximate surface area is 173 Å². The molecule has 0 radical (unpaired) electrons. The molecule has 0 saturated carbocycles. The zero-order chi connectivity index (χ0) is 21.1. The van der Waals surface area contributed by atoms with Crippen LogP contribution in [0.2, 0.25) is 0 Å². The fraction of sp³-hybridized carbons (Fsp3) is 0.300. The second kappa shape index (κ2) is 8.27. The minimum Gasteiger partial charge on any atom is -0.497 e. The van der Waals surface area contributed by atoms with E-state index < -0.39 is 0 Å². The summed E-state index contributed by atoms with van der Waals surface area (Å²) in [6.07, 6.45) is 4.45. The van der Waals surface area contributed by atoms with Gasteiger partial charge in [0, 0.05) is 44.6 Å². The predicted molar refractivity (Wildman–Crippen MR) is 106 cm³/mol. The Morgan fingerprint density at radius 3 is 2.43 bits per heavy atom. The van der Waals surface area contributed by atoms with Gasteiger partial charge in [0.05, 0.1) is 24.7 Å². The lowest BCUT2D eigenvalue weighted by molar-refractivity contribution is 0.0528. The van der Waals surface area contributed by atoms with E-state index in [1.54, 1.807) is 28.5 Å². The third-order valence-corrected chi connectivity index (χ3v) is 5.03. The van der Waals surface area contributed by atoms with Crippen LogP contribution in [0.15, 0.2) is 42.9 Å². The van der Waals surface area contributed by atoms with Crippen LogP contribution < -0.4 is 4.74 Å². The number of methoxy groups -OCH3 is 1. The molecular formula is C20H21N7O3. The van der Waals surface area contributed by atoms with Crippen molar-refractivity contribution < 1.29 is 14.3 Å². The molecule has 30 heavy (non-hydrogen) atoms. The van der Waals surface area contributed by atoms with E-state index in [2.05, 4.69) is 20.3 Å². The Bertz CT molecular complexity index is 1060. The molecule has 0 bridgehead atoms. The summed E-state index contributed by atoms with van der Waals surface area (Å²) in [6, 6.07) is 7.38. The van der Waals surface area contributed by atoms with Crippen molar-refractivity contribution in [3.8, 4) is 11.4 Å². The molecular weight excluding hydrogens is 386 g/mol. The number of piperazine rings is 1. The van der Waals surface area contributed by atoms with Crippen molar-refractivity contribution in [1.29, 1.82) is 0 Å². The van der Waals surface area contributed by atoms with Gasteiger partial charge in [0.1, 0.15) is 11.4 Å². The van der Waals surface area contributed by atoms with Crippen LogP contribution in [-0.4, -0.2) is 79.9 Å². The first-order valence-corrected chi connectivity index (χ1v) is 9.50. The molecule has 1 saturated heterocycles. The highest BCUT2D eigenvalue weighted by Gasteiger charge is 2.29. The molecule has 0 spiro atoms. The highest BCUT2D eigenvalue weighted by atomic mass is 16.5. The van der Waals surface area contributed by atoms with Crippen LogP contribution >= 0.6 is 0 Å². The van der Waals surface area contributed by atoms with E-state index in [4.69, 9.17) is 4.74 Å². The summed E-state index contributed by atoms with van der Waals surface area (Å²) in [7, 11) is 1.59. The average molecular weight is 407 g/mol. The fourth-order valence-corrected chi connectivity index (χ4v) is 3.35. The minimum atomic E-state index is -0.201. The second-order valence-electron chi connectivity index (χ2n) is 6.81. The molecule has 2 aromatic heterocycles. The molecule has 0 N–H and O–H groups in total. The number of hydrogen-bond acceptors (Lipinski definition) is 7. The molecule has 3 heterocycles. The summed E-state index contributed by atoms with van der Waals surface area (Å²) >= 11 is 0. The predicted octanol–water partition coefficient (Wildman–Crippen LogP) is 0.973. The first kappa shape index (κ1) is 19.5. The normalized spacial score (nSPS) is 13.9. The molecule has 10 heteroatoms. The number of carbonyl (C=O) groups excluding carboxylic acids is 2. The number of benzene rings is 1. The molecule has 1 aliphatic rings. The standard InChI is InChI=1S/C20H21N7O3/c1-14-18(23-24-27(14)15-4-3-5-16(12-15)30-2)20(29)26-10-8-25(9-11-26)19(28)17-13-21-6-7-22-17/h3-7,12-13H,8-11H2,1-2H3. The van der Waals surface area contributed by atoms with Crippen LogP contribution in [0.1, 0.15) is 26.7 Å². The van der Waals surface area contributed by atoms with Gasteiger partial charge in [-0.25, -0.2) is 9.67 Å². The van der Waals surface area contributed by atoms with Gasteiger partial charge in [-0.3, -0.25) is 14.6 Å². The van der Waals surface area contributed by atoms with Gasteiger partial charge in [-0.2, -0.15) is 0 Å². The van der Waals surface area contributed by atoms with Crippen molar-refractivity contribution in [1.82, 2.24) is 34.8 Å². The summed E-state index contributed by atoms with van der Waals surface area (Å²) < 4.78 is 6.86. The van der Waals surface area contributed by atoms with Crippen molar-refractivity contribution in [3.05, 3.63) is 59.9 Å². The number of nitrogens with zero attached hydrogens (tertiary/aromatic N) is 7. The SMILES string of the molecule is COc1cccc(-n2nnc(C(=O)N3CCN(C(=O)c4cnccn4)CC3)c2C)c1. The lowest BCUT2D eigenvalue weighted by atomic mass is 10.2.